The Kier molecular flexibility index (Phi) is 2.74. The van der Waals surface area contributed by atoms with E-state index in [2.05, 4.69) is 54.6 Å². The van der Waals surface area contributed by atoms with Crippen molar-refractivity contribution in [2.75, 3.05) is 0 Å². The molecule has 0 spiro atoms. The lowest BCUT2D eigenvalue weighted by Crippen LogP contribution is -1.89. The lowest BCUT2D eigenvalue weighted by Gasteiger charge is -2.11. The molecule has 0 amide bonds. The molecule has 0 aliphatic rings. The number of benzene rings is 5. The van der Waals surface area contributed by atoms with Crippen LogP contribution in [0.3, 0.4) is 0 Å². The maximum atomic E-state index is 6.20. The van der Waals surface area contributed by atoms with Gasteiger partial charge < -0.3 is 4.42 Å². The number of nitrogens with zero attached hydrogens (tertiary/aromatic N) is 2. The molecule has 2 aromatic heterocycles. The Morgan fingerprint density at radius 2 is 1.28 bits per heavy atom. The fourth-order valence-corrected chi connectivity index (χ4v) is 4.67. The Balaban J connectivity index is 1.85. The Morgan fingerprint density at radius 3 is 2.17 bits per heavy atom. The van der Waals surface area contributed by atoms with Crippen molar-refractivity contribution < 1.29 is 4.42 Å². The smallest absolute Gasteiger partial charge is 0.136 e. The monoisotopic (exact) mass is 370 g/mol. The fraction of sp³-hybridized carbons (Fsp3) is 0. The SMILES string of the molecule is c1ccc2c(c1)ccc1c3nccnc3c3cc4c(cc3c21)oc1ccccc14. The molecule has 134 valence electrons. The second-order valence-electron chi connectivity index (χ2n) is 7.45. The van der Waals surface area contributed by atoms with E-state index in [1.165, 1.54) is 16.2 Å². The number of rotatable bonds is 0. The molecule has 0 saturated heterocycles. The summed E-state index contributed by atoms with van der Waals surface area (Å²) in [6.45, 7) is 0. The zero-order valence-corrected chi connectivity index (χ0v) is 15.4. The second kappa shape index (κ2) is 5.30. The van der Waals surface area contributed by atoms with E-state index >= 15 is 0 Å². The number of hydrogen-bond donors (Lipinski definition) is 0. The molecule has 0 bridgehead atoms. The zero-order chi connectivity index (χ0) is 18.9. The first-order valence-corrected chi connectivity index (χ1v) is 9.68. The lowest BCUT2D eigenvalue weighted by molar-refractivity contribution is 0.669. The van der Waals surface area contributed by atoms with Crippen molar-refractivity contribution in [1.29, 1.82) is 0 Å². The molecule has 3 nitrogen and oxygen atoms in total. The number of fused-ring (bicyclic) bond motifs is 11. The molecule has 0 radical (unpaired) electrons. The Hall–Kier alpha value is -3.98. The summed E-state index contributed by atoms with van der Waals surface area (Å²) in [7, 11) is 0. The molecule has 2 heterocycles. The van der Waals surface area contributed by atoms with Crippen molar-refractivity contribution in [1.82, 2.24) is 9.97 Å². The average Bonchev–Trinajstić information content (AvgIpc) is 3.15. The van der Waals surface area contributed by atoms with Gasteiger partial charge in [0.15, 0.2) is 0 Å². The number of hydrogen-bond acceptors (Lipinski definition) is 3. The summed E-state index contributed by atoms with van der Waals surface area (Å²) in [5.74, 6) is 0. The third-order valence-corrected chi connectivity index (χ3v) is 5.92. The highest BCUT2D eigenvalue weighted by atomic mass is 16.3. The van der Waals surface area contributed by atoms with Crippen LogP contribution >= 0.6 is 0 Å². The van der Waals surface area contributed by atoms with Gasteiger partial charge in [-0.05, 0) is 39.7 Å². The van der Waals surface area contributed by atoms with Crippen molar-refractivity contribution >= 4 is 65.3 Å². The summed E-state index contributed by atoms with van der Waals surface area (Å²) in [5, 5.41) is 9.25. The number of furan rings is 1. The van der Waals surface area contributed by atoms with Crippen molar-refractivity contribution in [3.05, 3.63) is 85.2 Å². The molecule has 0 N–H and O–H groups in total. The molecule has 0 atom stereocenters. The van der Waals surface area contributed by atoms with Gasteiger partial charge in [-0.15, -0.1) is 0 Å². The third kappa shape index (κ3) is 1.91. The normalized spacial score (nSPS) is 12.1. The summed E-state index contributed by atoms with van der Waals surface area (Å²) in [4.78, 5) is 9.43. The van der Waals surface area contributed by atoms with Crippen LogP contribution in [0.25, 0.3) is 65.3 Å². The van der Waals surface area contributed by atoms with Crippen molar-refractivity contribution in [2.45, 2.75) is 0 Å². The average molecular weight is 370 g/mol. The van der Waals surface area contributed by atoms with E-state index < -0.39 is 0 Å². The predicted molar refractivity (Wildman–Crippen MR) is 119 cm³/mol. The maximum Gasteiger partial charge on any atom is 0.136 e. The number of aromatic nitrogens is 2. The van der Waals surface area contributed by atoms with E-state index in [0.29, 0.717) is 0 Å². The molecule has 3 heteroatoms. The van der Waals surface area contributed by atoms with Crippen LogP contribution in [0, 0.1) is 0 Å². The highest BCUT2D eigenvalue weighted by Gasteiger charge is 2.16. The predicted octanol–water partition coefficient (Wildman–Crippen LogP) is 6.99. The summed E-state index contributed by atoms with van der Waals surface area (Å²) >= 11 is 0. The largest absolute Gasteiger partial charge is 0.456 e. The van der Waals surface area contributed by atoms with E-state index in [1.54, 1.807) is 12.4 Å². The molecular formula is C26H14N2O. The maximum absolute atomic E-state index is 6.20. The Labute approximate surface area is 165 Å². The minimum absolute atomic E-state index is 0.899. The highest BCUT2D eigenvalue weighted by molar-refractivity contribution is 6.31. The van der Waals surface area contributed by atoms with Crippen molar-refractivity contribution in [3.8, 4) is 0 Å². The number of para-hydroxylation sites is 1. The van der Waals surface area contributed by atoms with Crippen molar-refractivity contribution in [2.24, 2.45) is 0 Å². The van der Waals surface area contributed by atoms with Crippen LogP contribution in [0.2, 0.25) is 0 Å². The molecule has 7 aromatic rings. The molecule has 0 unspecified atom stereocenters. The van der Waals surface area contributed by atoms with Gasteiger partial charge >= 0.3 is 0 Å². The topological polar surface area (TPSA) is 38.9 Å². The van der Waals surface area contributed by atoms with Gasteiger partial charge in [0.05, 0.1) is 11.0 Å². The molecule has 7 rings (SSSR count). The molecule has 0 saturated carbocycles. The van der Waals surface area contributed by atoms with E-state index in [9.17, 15) is 0 Å². The summed E-state index contributed by atoms with van der Waals surface area (Å²) in [5.41, 5.74) is 3.67. The second-order valence-corrected chi connectivity index (χ2v) is 7.45. The van der Waals surface area contributed by atoms with Gasteiger partial charge in [-0.25, -0.2) is 0 Å². The van der Waals surface area contributed by atoms with Gasteiger partial charge in [-0.3, -0.25) is 9.97 Å². The van der Waals surface area contributed by atoms with Crippen LogP contribution in [-0.2, 0) is 0 Å². The molecule has 29 heavy (non-hydrogen) atoms. The molecule has 0 aliphatic heterocycles. The van der Waals surface area contributed by atoms with Crippen LogP contribution in [0.5, 0.6) is 0 Å². The molecule has 5 aromatic carbocycles. The van der Waals surface area contributed by atoms with Gasteiger partial charge in [0.25, 0.3) is 0 Å². The minimum Gasteiger partial charge on any atom is -0.456 e. The van der Waals surface area contributed by atoms with Crippen LogP contribution in [0.1, 0.15) is 0 Å². The quantitative estimate of drug-likeness (QED) is 0.270. The van der Waals surface area contributed by atoms with Gasteiger partial charge in [-0.1, -0.05) is 54.6 Å². The van der Waals surface area contributed by atoms with E-state index in [0.717, 1.165) is 49.1 Å². The van der Waals surface area contributed by atoms with E-state index in [1.807, 2.05) is 18.2 Å². The van der Waals surface area contributed by atoms with E-state index in [-0.39, 0.29) is 0 Å². The first kappa shape index (κ1) is 15.0. The molecule has 0 fully saturated rings. The van der Waals surface area contributed by atoms with Gasteiger partial charge in [0.1, 0.15) is 11.2 Å². The zero-order valence-electron chi connectivity index (χ0n) is 15.4. The fourth-order valence-electron chi connectivity index (χ4n) is 4.67. The van der Waals surface area contributed by atoms with Gasteiger partial charge in [0.2, 0.25) is 0 Å². The van der Waals surface area contributed by atoms with Gasteiger partial charge in [-0.2, -0.15) is 0 Å². The Morgan fingerprint density at radius 1 is 0.517 bits per heavy atom. The summed E-state index contributed by atoms with van der Waals surface area (Å²) in [6.07, 6.45) is 3.54. The first-order chi connectivity index (χ1) is 14.4. The Bertz CT molecular complexity index is 1760. The highest BCUT2D eigenvalue weighted by Crippen LogP contribution is 2.40. The van der Waals surface area contributed by atoms with Crippen LogP contribution in [0.15, 0.2) is 89.6 Å². The molecular weight excluding hydrogens is 356 g/mol. The van der Waals surface area contributed by atoms with Crippen LogP contribution in [-0.4, -0.2) is 9.97 Å². The lowest BCUT2D eigenvalue weighted by atomic mass is 9.94. The summed E-state index contributed by atoms with van der Waals surface area (Å²) in [6, 6.07) is 25.4. The van der Waals surface area contributed by atoms with E-state index in [4.69, 9.17) is 14.4 Å². The third-order valence-electron chi connectivity index (χ3n) is 5.92. The van der Waals surface area contributed by atoms with Crippen molar-refractivity contribution in [3.63, 3.8) is 0 Å². The standard InChI is InChI=1S/C26H14N2O/c1-2-6-16-15(5-1)9-10-18-24(16)20-14-23-19(17-7-3-4-8-22(17)29-23)13-21(20)26-25(18)27-11-12-28-26/h1-14H. The summed E-state index contributed by atoms with van der Waals surface area (Å²) < 4.78 is 6.20. The minimum atomic E-state index is 0.899. The molecule has 0 aliphatic carbocycles. The first-order valence-electron chi connectivity index (χ1n) is 9.68. The van der Waals surface area contributed by atoms with Gasteiger partial charge in [0, 0.05) is 33.9 Å². The van der Waals surface area contributed by atoms with Crippen LogP contribution in [0.4, 0.5) is 0 Å². The van der Waals surface area contributed by atoms with Crippen LogP contribution < -0.4 is 0 Å².